The molecule has 2 heterocycles. The van der Waals surface area contributed by atoms with Crippen molar-refractivity contribution in [3.8, 4) is 11.5 Å². The van der Waals surface area contributed by atoms with E-state index < -0.39 is 20.0 Å². The van der Waals surface area contributed by atoms with Gasteiger partial charge in [0.2, 0.25) is 11.8 Å². The van der Waals surface area contributed by atoms with Gasteiger partial charge in [0.1, 0.15) is 4.21 Å². The zero-order chi connectivity index (χ0) is 23.8. The molecule has 0 saturated heterocycles. The number of hydrogen-bond donors (Lipinski definition) is 2. The van der Waals surface area contributed by atoms with Crippen LogP contribution in [-0.2, 0) is 20.0 Å². The van der Waals surface area contributed by atoms with Crippen molar-refractivity contribution in [2.45, 2.75) is 16.0 Å². The van der Waals surface area contributed by atoms with Crippen molar-refractivity contribution in [3.63, 3.8) is 0 Å². The smallest absolute Gasteiger partial charge is 0.271 e. The summed E-state index contributed by atoms with van der Waals surface area (Å²) in [6.45, 7) is 1.61. The molecule has 0 aliphatic heterocycles. The molecule has 0 aliphatic carbocycles. The van der Waals surface area contributed by atoms with Gasteiger partial charge in [-0.15, -0.1) is 21.5 Å². The molecule has 0 saturated carbocycles. The molecule has 0 fully saturated rings. The van der Waals surface area contributed by atoms with E-state index in [1.807, 2.05) is 0 Å². The lowest BCUT2D eigenvalue weighted by Crippen LogP contribution is -2.17. The maximum absolute atomic E-state index is 13.1. The number of rotatable bonds is 7. The molecule has 14 heteroatoms. The zero-order valence-electron chi connectivity index (χ0n) is 16.6. The fourth-order valence-corrected chi connectivity index (χ4v) is 6.25. The van der Waals surface area contributed by atoms with Crippen LogP contribution in [0.15, 0.2) is 67.4 Å². The van der Waals surface area contributed by atoms with E-state index in [0.29, 0.717) is 11.5 Å². The Kier molecular flexibility index (Phi) is 6.38. The largest absolute Gasteiger partial charge is 0.421 e. The third-order valence-corrected chi connectivity index (χ3v) is 9.07. The van der Waals surface area contributed by atoms with Gasteiger partial charge in [-0.3, -0.25) is 9.44 Å². The Balaban J connectivity index is 1.71. The highest BCUT2D eigenvalue weighted by Crippen LogP contribution is 2.36. The molecule has 0 spiro atoms. The molecule has 9 nitrogen and oxygen atoms in total. The summed E-state index contributed by atoms with van der Waals surface area (Å²) >= 11 is 13.1. The Morgan fingerprint density at radius 3 is 2.12 bits per heavy atom. The van der Waals surface area contributed by atoms with E-state index in [4.69, 9.17) is 27.6 Å². The number of sulfonamides is 2. The van der Waals surface area contributed by atoms with E-state index in [1.165, 1.54) is 36.4 Å². The number of anilines is 2. The monoisotopic (exact) mass is 544 g/mol. The second-order valence-corrected chi connectivity index (χ2v) is 12.0. The SMILES string of the molecule is Cc1nnc(-c2cccc(S(=O)(=O)Nc3cc(Cl)c(Cl)cc3NS(=O)(=O)c3cccs3)c2)o1. The van der Waals surface area contributed by atoms with Gasteiger partial charge in [0, 0.05) is 12.5 Å². The van der Waals surface area contributed by atoms with Gasteiger partial charge in [-0.25, -0.2) is 16.8 Å². The van der Waals surface area contributed by atoms with Crippen molar-refractivity contribution in [3.05, 3.63) is 69.8 Å². The first kappa shape index (κ1) is 23.5. The van der Waals surface area contributed by atoms with Gasteiger partial charge >= 0.3 is 0 Å². The molecule has 0 atom stereocenters. The van der Waals surface area contributed by atoms with Gasteiger partial charge in [0.25, 0.3) is 20.0 Å². The van der Waals surface area contributed by atoms with Gasteiger partial charge in [0.05, 0.1) is 26.3 Å². The molecule has 2 N–H and O–H groups in total. The molecular weight excluding hydrogens is 531 g/mol. The highest BCUT2D eigenvalue weighted by atomic mass is 35.5. The standard InChI is InChI=1S/C19H14Cl2N4O5S3/c1-11-22-23-19(30-11)12-4-2-5-13(8-12)32(26,27)24-16-9-14(20)15(21)10-17(16)25-33(28,29)18-6-3-7-31-18/h2-10,24-25H,1H3. The van der Waals surface area contributed by atoms with Crippen LogP contribution in [0.4, 0.5) is 11.4 Å². The van der Waals surface area contributed by atoms with E-state index >= 15 is 0 Å². The van der Waals surface area contributed by atoms with Crippen LogP contribution in [0.5, 0.6) is 0 Å². The zero-order valence-corrected chi connectivity index (χ0v) is 20.6. The predicted molar refractivity (Wildman–Crippen MR) is 127 cm³/mol. The number of nitrogens with one attached hydrogen (secondary N) is 2. The summed E-state index contributed by atoms with van der Waals surface area (Å²) in [5.41, 5.74) is 0.194. The molecule has 0 radical (unpaired) electrons. The summed E-state index contributed by atoms with van der Waals surface area (Å²) in [6, 6.07) is 11.3. The third-order valence-electron chi connectivity index (χ3n) is 4.23. The van der Waals surface area contributed by atoms with Crippen molar-refractivity contribution >= 4 is 66.0 Å². The Morgan fingerprint density at radius 1 is 0.879 bits per heavy atom. The average molecular weight is 545 g/mol. The minimum absolute atomic E-state index is 0.0310. The first-order valence-electron chi connectivity index (χ1n) is 9.04. The molecule has 4 aromatic rings. The van der Waals surface area contributed by atoms with Crippen LogP contribution in [0, 0.1) is 6.92 Å². The molecule has 0 amide bonds. The number of benzene rings is 2. The average Bonchev–Trinajstić information content (AvgIpc) is 3.44. The highest BCUT2D eigenvalue weighted by molar-refractivity contribution is 7.94. The molecular formula is C19H14Cl2N4O5S3. The quantitative estimate of drug-likeness (QED) is 0.334. The maximum Gasteiger partial charge on any atom is 0.271 e. The van der Waals surface area contributed by atoms with E-state index in [-0.39, 0.29) is 36.4 Å². The van der Waals surface area contributed by atoms with Crippen LogP contribution in [0.2, 0.25) is 10.0 Å². The second kappa shape index (κ2) is 8.95. The fraction of sp³-hybridized carbons (Fsp3) is 0.0526. The first-order valence-corrected chi connectivity index (χ1v) is 13.6. The minimum atomic E-state index is -4.17. The van der Waals surface area contributed by atoms with Gasteiger partial charge in [-0.1, -0.05) is 35.3 Å². The fourth-order valence-electron chi connectivity index (χ4n) is 2.74. The van der Waals surface area contributed by atoms with Gasteiger partial charge in [-0.05, 0) is 41.8 Å². The topological polar surface area (TPSA) is 131 Å². The van der Waals surface area contributed by atoms with Crippen molar-refractivity contribution in [2.24, 2.45) is 0 Å². The molecule has 0 unspecified atom stereocenters. The van der Waals surface area contributed by atoms with Crippen LogP contribution >= 0.6 is 34.5 Å². The van der Waals surface area contributed by atoms with Crippen molar-refractivity contribution in [1.82, 2.24) is 10.2 Å². The first-order chi connectivity index (χ1) is 15.5. The van der Waals surface area contributed by atoms with Gasteiger partial charge in [0.15, 0.2) is 0 Å². The second-order valence-electron chi connectivity index (χ2n) is 6.61. The van der Waals surface area contributed by atoms with Crippen LogP contribution < -0.4 is 9.44 Å². The van der Waals surface area contributed by atoms with Crippen LogP contribution in [0.25, 0.3) is 11.5 Å². The van der Waals surface area contributed by atoms with Crippen LogP contribution in [0.1, 0.15) is 5.89 Å². The number of hydrogen-bond acceptors (Lipinski definition) is 8. The number of aryl methyl sites for hydroxylation is 1. The molecule has 0 aliphatic rings. The molecule has 4 rings (SSSR count). The Hall–Kier alpha value is -2.64. The van der Waals surface area contributed by atoms with E-state index in [1.54, 1.807) is 24.4 Å². The molecule has 172 valence electrons. The lowest BCUT2D eigenvalue weighted by Gasteiger charge is -2.15. The van der Waals surface area contributed by atoms with Gasteiger partial charge < -0.3 is 4.42 Å². The van der Waals surface area contributed by atoms with Gasteiger partial charge in [-0.2, -0.15) is 0 Å². The highest BCUT2D eigenvalue weighted by Gasteiger charge is 2.22. The predicted octanol–water partition coefficient (Wildman–Crippen LogP) is 5.01. The summed E-state index contributed by atoms with van der Waals surface area (Å²) < 4.78 is 61.7. The molecule has 2 aromatic heterocycles. The molecule has 0 bridgehead atoms. The lowest BCUT2D eigenvalue weighted by atomic mass is 10.2. The number of nitrogens with zero attached hydrogens (tertiary/aromatic N) is 2. The van der Waals surface area contributed by atoms with Crippen molar-refractivity contribution in [2.75, 3.05) is 9.44 Å². The minimum Gasteiger partial charge on any atom is -0.421 e. The van der Waals surface area contributed by atoms with Crippen LogP contribution in [0.3, 0.4) is 0 Å². The molecule has 33 heavy (non-hydrogen) atoms. The third kappa shape index (κ3) is 5.14. The van der Waals surface area contributed by atoms with Crippen molar-refractivity contribution in [1.29, 1.82) is 0 Å². The summed E-state index contributed by atoms with van der Waals surface area (Å²) in [6.07, 6.45) is 0. The number of halogens is 2. The normalized spacial score (nSPS) is 12.0. The van der Waals surface area contributed by atoms with E-state index in [2.05, 4.69) is 19.6 Å². The van der Waals surface area contributed by atoms with Crippen LogP contribution in [-0.4, -0.2) is 27.0 Å². The summed E-state index contributed by atoms with van der Waals surface area (Å²) in [5, 5.41) is 9.29. The van der Waals surface area contributed by atoms with E-state index in [9.17, 15) is 16.8 Å². The number of aromatic nitrogens is 2. The summed E-state index contributed by atoms with van der Waals surface area (Å²) in [4.78, 5) is -0.117. The Morgan fingerprint density at radius 2 is 1.55 bits per heavy atom. The Labute approximate surface area is 203 Å². The molecule has 2 aromatic carbocycles. The van der Waals surface area contributed by atoms with E-state index in [0.717, 1.165) is 11.3 Å². The maximum atomic E-state index is 13.1. The Bertz CT molecular complexity index is 1540. The van der Waals surface area contributed by atoms with Crippen molar-refractivity contribution < 1.29 is 21.3 Å². The number of thiophene rings is 1. The summed E-state index contributed by atoms with van der Waals surface area (Å²) in [7, 11) is -8.15. The summed E-state index contributed by atoms with van der Waals surface area (Å²) in [5.74, 6) is 0.485. The lowest BCUT2D eigenvalue weighted by molar-refractivity contribution is 0.532.